The van der Waals surface area contributed by atoms with Crippen molar-refractivity contribution in [3.8, 4) is 0 Å². The second kappa shape index (κ2) is 5.17. The van der Waals surface area contributed by atoms with E-state index in [1.165, 1.54) is 0 Å². The molecule has 0 atom stereocenters. The molecule has 0 saturated carbocycles. The second-order valence-electron chi connectivity index (χ2n) is 1.84. The van der Waals surface area contributed by atoms with Crippen molar-refractivity contribution >= 4 is 23.2 Å². The van der Waals surface area contributed by atoms with Gasteiger partial charge in [-0.1, -0.05) is 11.6 Å². The van der Waals surface area contributed by atoms with E-state index in [1.54, 1.807) is 0 Å². The highest BCUT2D eigenvalue weighted by Gasteiger charge is 2.34. The first-order valence-corrected chi connectivity index (χ1v) is 3.92. The zero-order valence-electron chi connectivity index (χ0n) is 6.78. The Morgan fingerprint density at radius 1 is 1.21 bits per heavy atom. The van der Waals surface area contributed by atoms with E-state index >= 15 is 0 Å². The Morgan fingerprint density at radius 2 is 1.71 bits per heavy atom. The van der Waals surface area contributed by atoms with Crippen LogP contribution in [0.2, 0.25) is 10.4 Å². The third-order valence-corrected chi connectivity index (χ3v) is 1.49. The lowest BCUT2D eigenvalue weighted by molar-refractivity contribution is -0.138. The standard InChI is InChI=1S/C5HCl2F3N2.C2H4/c6-3-2(5(8,9)10)1-11-4(7)12-3;1-2/h1H;1-2H2. The van der Waals surface area contributed by atoms with Crippen LogP contribution in [0.15, 0.2) is 19.4 Å². The first-order chi connectivity index (χ1) is 6.41. The summed E-state index contributed by atoms with van der Waals surface area (Å²) in [6.45, 7) is 6.00. The minimum atomic E-state index is -4.54. The van der Waals surface area contributed by atoms with Crippen molar-refractivity contribution in [2.45, 2.75) is 6.18 Å². The predicted octanol–water partition coefficient (Wildman–Crippen LogP) is 3.60. The van der Waals surface area contributed by atoms with Crippen molar-refractivity contribution in [1.82, 2.24) is 9.97 Å². The molecule has 1 heterocycles. The fraction of sp³-hybridized carbons (Fsp3) is 0.143. The van der Waals surface area contributed by atoms with Gasteiger partial charge in [0, 0.05) is 6.20 Å². The average molecular weight is 245 g/mol. The van der Waals surface area contributed by atoms with E-state index < -0.39 is 16.9 Å². The summed E-state index contributed by atoms with van der Waals surface area (Å²) in [6, 6.07) is 0. The van der Waals surface area contributed by atoms with Gasteiger partial charge < -0.3 is 0 Å². The van der Waals surface area contributed by atoms with Crippen LogP contribution in [0.3, 0.4) is 0 Å². The molecular weight excluding hydrogens is 240 g/mol. The molecular formula is C7H5Cl2F3N2. The maximum Gasteiger partial charge on any atom is 0.420 e. The number of hydrogen-bond acceptors (Lipinski definition) is 2. The predicted molar refractivity (Wildman–Crippen MR) is 48.3 cm³/mol. The monoisotopic (exact) mass is 244 g/mol. The van der Waals surface area contributed by atoms with E-state index in [2.05, 4.69) is 23.1 Å². The first kappa shape index (κ1) is 13.2. The lowest BCUT2D eigenvalue weighted by Crippen LogP contribution is -2.07. The van der Waals surface area contributed by atoms with Crippen molar-refractivity contribution in [2.75, 3.05) is 0 Å². The third kappa shape index (κ3) is 3.51. The molecule has 2 nitrogen and oxygen atoms in total. The second-order valence-corrected chi connectivity index (χ2v) is 2.54. The molecule has 1 aromatic heterocycles. The number of halogens is 5. The Balaban J connectivity index is 0.000000791. The van der Waals surface area contributed by atoms with Gasteiger partial charge in [-0.2, -0.15) is 13.2 Å². The van der Waals surface area contributed by atoms with Gasteiger partial charge in [0.25, 0.3) is 0 Å². The minimum Gasteiger partial charge on any atom is -0.226 e. The van der Waals surface area contributed by atoms with Gasteiger partial charge in [-0.15, -0.1) is 13.2 Å². The van der Waals surface area contributed by atoms with Gasteiger partial charge in [0.05, 0.1) is 0 Å². The van der Waals surface area contributed by atoms with Crippen LogP contribution in [0.5, 0.6) is 0 Å². The zero-order chi connectivity index (χ0) is 11.4. The molecule has 0 fully saturated rings. The summed E-state index contributed by atoms with van der Waals surface area (Å²) in [5.74, 6) is 0. The maximum absolute atomic E-state index is 12.0. The topological polar surface area (TPSA) is 25.8 Å². The summed E-state index contributed by atoms with van der Waals surface area (Å²) in [5, 5.41) is -1.00. The largest absolute Gasteiger partial charge is 0.420 e. The number of nitrogens with zero attached hydrogens (tertiary/aromatic N) is 2. The maximum atomic E-state index is 12.0. The molecule has 0 aliphatic carbocycles. The van der Waals surface area contributed by atoms with Gasteiger partial charge in [0.15, 0.2) is 0 Å². The van der Waals surface area contributed by atoms with Crippen molar-refractivity contribution < 1.29 is 13.2 Å². The molecule has 0 aliphatic rings. The summed E-state index contributed by atoms with van der Waals surface area (Å²) < 4.78 is 35.9. The zero-order valence-corrected chi connectivity index (χ0v) is 8.29. The van der Waals surface area contributed by atoms with Crippen LogP contribution in [-0.2, 0) is 6.18 Å². The van der Waals surface area contributed by atoms with E-state index in [4.69, 9.17) is 23.2 Å². The van der Waals surface area contributed by atoms with E-state index in [1.807, 2.05) is 0 Å². The van der Waals surface area contributed by atoms with Crippen LogP contribution in [0.25, 0.3) is 0 Å². The van der Waals surface area contributed by atoms with Gasteiger partial charge in [-0.25, -0.2) is 9.97 Å². The fourth-order valence-electron chi connectivity index (χ4n) is 0.531. The molecule has 0 saturated heterocycles. The van der Waals surface area contributed by atoms with Crippen LogP contribution >= 0.6 is 23.2 Å². The quantitative estimate of drug-likeness (QED) is 0.396. The van der Waals surface area contributed by atoms with E-state index in [-0.39, 0.29) is 5.28 Å². The van der Waals surface area contributed by atoms with Crippen LogP contribution < -0.4 is 0 Å². The van der Waals surface area contributed by atoms with Crippen LogP contribution in [0, 0.1) is 0 Å². The van der Waals surface area contributed by atoms with Gasteiger partial charge in [-0.05, 0) is 11.6 Å². The first-order valence-electron chi connectivity index (χ1n) is 3.16. The lowest BCUT2D eigenvalue weighted by atomic mass is 10.3. The summed E-state index contributed by atoms with van der Waals surface area (Å²) in [6.07, 6.45) is -4.00. The summed E-state index contributed by atoms with van der Waals surface area (Å²) in [5.41, 5.74) is -1.09. The van der Waals surface area contributed by atoms with E-state index in [0.717, 1.165) is 0 Å². The lowest BCUT2D eigenvalue weighted by Gasteiger charge is -2.06. The summed E-state index contributed by atoms with van der Waals surface area (Å²) >= 11 is 10.4. The van der Waals surface area contributed by atoms with Crippen LogP contribution in [0.4, 0.5) is 13.2 Å². The van der Waals surface area contributed by atoms with Gasteiger partial charge >= 0.3 is 6.18 Å². The van der Waals surface area contributed by atoms with Gasteiger partial charge in [0.2, 0.25) is 5.28 Å². The molecule has 0 aromatic carbocycles. The number of rotatable bonds is 0. The molecule has 0 N–H and O–H groups in total. The number of alkyl halides is 3. The smallest absolute Gasteiger partial charge is 0.226 e. The molecule has 0 radical (unpaired) electrons. The molecule has 1 aromatic rings. The molecule has 78 valence electrons. The molecule has 1 rings (SSSR count). The third-order valence-electron chi connectivity index (χ3n) is 1.02. The average Bonchev–Trinajstić information content (AvgIpc) is 2.05. The highest BCUT2D eigenvalue weighted by Crippen LogP contribution is 2.33. The molecule has 0 amide bonds. The van der Waals surface area contributed by atoms with Crippen molar-refractivity contribution in [3.05, 3.63) is 35.4 Å². The van der Waals surface area contributed by atoms with Crippen molar-refractivity contribution in [2.24, 2.45) is 0 Å². The van der Waals surface area contributed by atoms with Crippen LogP contribution in [0.1, 0.15) is 5.56 Å². The van der Waals surface area contributed by atoms with Gasteiger partial charge in [0.1, 0.15) is 10.7 Å². The Bertz CT molecular complexity index is 314. The fourth-order valence-corrected chi connectivity index (χ4v) is 0.944. The number of hydrogen-bond donors (Lipinski definition) is 0. The SMILES string of the molecule is C=C.FC(F)(F)c1cnc(Cl)nc1Cl. The summed E-state index contributed by atoms with van der Waals surface area (Å²) in [7, 11) is 0. The van der Waals surface area contributed by atoms with E-state index in [9.17, 15) is 13.2 Å². The van der Waals surface area contributed by atoms with Crippen molar-refractivity contribution in [3.63, 3.8) is 0 Å². The Morgan fingerprint density at radius 3 is 2.07 bits per heavy atom. The van der Waals surface area contributed by atoms with Crippen molar-refractivity contribution in [1.29, 1.82) is 0 Å². The van der Waals surface area contributed by atoms with Gasteiger partial charge in [-0.3, -0.25) is 0 Å². The Kier molecular flexibility index (Phi) is 4.87. The molecule has 7 heteroatoms. The Hall–Kier alpha value is -0.810. The molecule has 0 spiro atoms. The Labute approximate surface area is 88.4 Å². The van der Waals surface area contributed by atoms with E-state index in [0.29, 0.717) is 6.20 Å². The summed E-state index contributed by atoms with van der Waals surface area (Å²) in [4.78, 5) is 6.30. The highest BCUT2D eigenvalue weighted by molar-refractivity contribution is 6.32. The molecule has 0 bridgehead atoms. The minimum absolute atomic E-state index is 0.312. The molecule has 0 aliphatic heterocycles. The molecule has 14 heavy (non-hydrogen) atoms. The molecule has 0 unspecified atom stereocenters. The van der Waals surface area contributed by atoms with Crippen LogP contribution in [-0.4, -0.2) is 9.97 Å². The number of aromatic nitrogens is 2. The highest BCUT2D eigenvalue weighted by atomic mass is 35.5. The normalized spacial score (nSPS) is 10.4.